The molecule has 120 valence electrons. The Morgan fingerprint density at radius 2 is 2.09 bits per heavy atom. The van der Waals surface area contributed by atoms with Crippen LogP contribution in [0.2, 0.25) is 0 Å². The maximum Gasteiger partial charge on any atom is 0.311 e. The number of benzene rings is 1. The van der Waals surface area contributed by atoms with Crippen molar-refractivity contribution in [3.63, 3.8) is 0 Å². The van der Waals surface area contributed by atoms with Crippen LogP contribution in [0.4, 0.5) is 10.1 Å². The Balaban J connectivity index is 2.02. The third-order valence-electron chi connectivity index (χ3n) is 3.24. The molecule has 0 saturated carbocycles. The number of nitrogens with zero attached hydrogens (tertiary/aromatic N) is 2. The number of ether oxygens (including phenoxy) is 2. The Morgan fingerprint density at radius 1 is 1.45 bits per heavy atom. The number of rotatable bonds is 4. The fourth-order valence-electron chi connectivity index (χ4n) is 2.37. The summed E-state index contributed by atoms with van der Waals surface area (Å²) in [5, 5.41) is 10.9. The van der Waals surface area contributed by atoms with Gasteiger partial charge in [0.15, 0.2) is 6.61 Å². The Labute approximate surface area is 126 Å². The van der Waals surface area contributed by atoms with Gasteiger partial charge in [-0.3, -0.25) is 14.9 Å². The number of hydrogen-bond donors (Lipinski definition) is 0. The van der Waals surface area contributed by atoms with E-state index in [-0.39, 0.29) is 36.2 Å². The minimum atomic E-state index is -0.682. The average molecular weight is 312 g/mol. The lowest BCUT2D eigenvalue weighted by Crippen LogP contribution is -2.49. The first-order chi connectivity index (χ1) is 10.4. The van der Waals surface area contributed by atoms with E-state index in [9.17, 15) is 19.3 Å². The van der Waals surface area contributed by atoms with Crippen LogP contribution < -0.4 is 4.74 Å². The zero-order valence-electron chi connectivity index (χ0n) is 12.3. The fraction of sp³-hybridized carbons (Fsp3) is 0.500. The predicted molar refractivity (Wildman–Crippen MR) is 75.1 cm³/mol. The van der Waals surface area contributed by atoms with Crippen molar-refractivity contribution in [2.75, 3.05) is 19.7 Å². The van der Waals surface area contributed by atoms with Gasteiger partial charge in [-0.1, -0.05) is 0 Å². The number of carbonyl (C=O) groups excluding carboxylic acids is 1. The van der Waals surface area contributed by atoms with Gasteiger partial charge in [0.05, 0.1) is 17.1 Å². The average Bonchev–Trinajstić information content (AvgIpc) is 2.43. The van der Waals surface area contributed by atoms with Crippen molar-refractivity contribution in [2.24, 2.45) is 0 Å². The molecule has 1 heterocycles. The minimum Gasteiger partial charge on any atom is -0.477 e. The molecule has 1 aromatic carbocycles. The molecule has 0 aliphatic carbocycles. The molecule has 7 nitrogen and oxygen atoms in total. The molecule has 8 heteroatoms. The number of morpholine rings is 1. The second-order valence-corrected chi connectivity index (χ2v) is 5.21. The standard InChI is InChI=1S/C14H17FN2O5/c1-9-6-16(7-10(2)22-9)14(18)8-21-13-5-11(15)3-4-12(13)17(19)20/h3-5,9-10H,6-8H2,1-2H3/t9-,10-/m1/s1. The molecule has 1 aromatic rings. The monoisotopic (exact) mass is 312 g/mol. The van der Waals surface area contributed by atoms with E-state index in [2.05, 4.69) is 0 Å². The SMILES string of the molecule is C[C@@H]1CN(C(=O)COc2cc(F)ccc2[N+](=O)[O-])C[C@@H](C)O1. The summed E-state index contributed by atoms with van der Waals surface area (Å²) in [6.45, 7) is 4.18. The molecular weight excluding hydrogens is 295 g/mol. The molecule has 0 bridgehead atoms. The Bertz CT molecular complexity index is 570. The van der Waals surface area contributed by atoms with Gasteiger partial charge in [-0.15, -0.1) is 0 Å². The topological polar surface area (TPSA) is 81.9 Å². The van der Waals surface area contributed by atoms with E-state index in [4.69, 9.17) is 9.47 Å². The van der Waals surface area contributed by atoms with Crippen LogP contribution in [0.3, 0.4) is 0 Å². The fourth-order valence-corrected chi connectivity index (χ4v) is 2.37. The van der Waals surface area contributed by atoms with E-state index >= 15 is 0 Å². The van der Waals surface area contributed by atoms with E-state index in [1.807, 2.05) is 13.8 Å². The highest BCUT2D eigenvalue weighted by molar-refractivity contribution is 5.78. The Kier molecular flexibility index (Phi) is 4.92. The van der Waals surface area contributed by atoms with Crippen molar-refractivity contribution in [1.29, 1.82) is 0 Å². The lowest BCUT2D eigenvalue weighted by molar-refractivity contribution is -0.385. The first-order valence-corrected chi connectivity index (χ1v) is 6.86. The molecule has 1 aliphatic rings. The number of amides is 1. The van der Waals surface area contributed by atoms with Crippen LogP contribution in [-0.4, -0.2) is 47.6 Å². The van der Waals surface area contributed by atoms with Crippen LogP contribution >= 0.6 is 0 Å². The van der Waals surface area contributed by atoms with Crippen molar-refractivity contribution in [3.8, 4) is 5.75 Å². The molecule has 1 amide bonds. The first-order valence-electron chi connectivity index (χ1n) is 6.86. The summed E-state index contributed by atoms with van der Waals surface area (Å²) in [5.74, 6) is -1.24. The molecule has 1 fully saturated rings. The van der Waals surface area contributed by atoms with Crippen molar-refractivity contribution in [3.05, 3.63) is 34.1 Å². The predicted octanol–water partition coefficient (Wildman–Crippen LogP) is 1.75. The smallest absolute Gasteiger partial charge is 0.311 e. The van der Waals surface area contributed by atoms with E-state index < -0.39 is 10.7 Å². The molecule has 0 unspecified atom stereocenters. The van der Waals surface area contributed by atoms with E-state index in [0.717, 1.165) is 18.2 Å². The van der Waals surface area contributed by atoms with Crippen LogP contribution in [0.25, 0.3) is 0 Å². The summed E-state index contributed by atoms with van der Waals surface area (Å²) in [7, 11) is 0. The lowest BCUT2D eigenvalue weighted by Gasteiger charge is -2.35. The normalized spacial score (nSPS) is 21.5. The van der Waals surface area contributed by atoms with Crippen molar-refractivity contribution < 1.29 is 23.6 Å². The summed E-state index contributed by atoms with van der Waals surface area (Å²) in [6, 6.07) is 2.88. The van der Waals surface area contributed by atoms with Gasteiger partial charge in [-0.05, 0) is 19.9 Å². The summed E-state index contributed by atoms with van der Waals surface area (Å²) < 4.78 is 23.9. The number of nitro groups is 1. The van der Waals surface area contributed by atoms with Crippen molar-refractivity contribution in [2.45, 2.75) is 26.1 Å². The summed E-state index contributed by atoms with van der Waals surface area (Å²) >= 11 is 0. The molecule has 2 rings (SSSR count). The van der Waals surface area contributed by atoms with Gasteiger partial charge in [0.1, 0.15) is 5.82 Å². The third kappa shape index (κ3) is 3.91. The summed E-state index contributed by atoms with van der Waals surface area (Å²) in [6.07, 6.45) is -0.174. The van der Waals surface area contributed by atoms with Crippen LogP contribution in [0.5, 0.6) is 5.75 Å². The highest BCUT2D eigenvalue weighted by Crippen LogP contribution is 2.27. The number of nitro benzene ring substituents is 1. The summed E-state index contributed by atoms with van der Waals surface area (Å²) in [4.78, 5) is 23.9. The molecule has 0 spiro atoms. The molecule has 2 atom stereocenters. The maximum atomic E-state index is 13.2. The van der Waals surface area contributed by atoms with Crippen LogP contribution in [-0.2, 0) is 9.53 Å². The number of hydrogen-bond acceptors (Lipinski definition) is 5. The maximum absolute atomic E-state index is 13.2. The third-order valence-corrected chi connectivity index (χ3v) is 3.24. The molecular formula is C14H17FN2O5. The lowest BCUT2D eigenvalue weighted by atomic mass is 10.2. The number of carbonyl (C=O) groups is 1. The zero-order valence-corrected chi connectivity index (χ0v) is 12.3. The molecule has 0 aromatic heterocycles. The van der Waals surface area contributed by atoms with Crippen LogP contribution in [0.1, 0.15) is 13.8 Å². The molecule has 1 aliphatic heterocycles. The van der Waals surface area contributed by atoms with Crippen molar-refractivity contribution in [1.82, 2.24) is 4.90 Å². The van der Waals surface area contributed by atoms with E-state index in [1.165, 1.54) is 0 Å². The number of halogens is 1. The first kappa shape index (κ1) is 16.2. The van der Waals surface area contributed by atoms with E-state index in [0.29, 0.717) is 13.1 Å². The van der Waals surface area contributed by atoms with Gasteiger partial charge in [0.2, 0.25) is 5.75 Å². The summed E-state index contributed by atoms with van der Waals surface area (Å²) in [5.41, 5.74) is -0.377. The highest BCUT2D eigenvalue weighted by Gasteiger charge is 2.26. The molecule has 0 radical (unpaired) electrons. The Hall–Kier alpha value is -2.22. The molecule has 0 N–H and O–H groups in total. The van der Waals surface area contributed by atoms with Crippen LogP contribution in [0, 0.1) is 15.9 Å². The van der Waals surface area contributed by atoms with Crippen LogP contribution in [0.15, 0.2) is 18.2 Å². The van der Waals surface area contributed by atoms with Gasteiger partial charge in [-0.2, -0.15) is 0 Å². The second kappa shape index (κ2) is 6.69. The molecule has 1 saturated heterocycles. The quantitative estimate of drug-likeness (QED) is 0.625. The largest absolute Gasteiger partial charge is 0.477 e. The van der Waals surface area contributed by atoms with Crippen molar-refractivity contribution >= 4 is 11.6 Å². The molecule has 22 heavy (non-hydrogen) atoms. The van der Waals surface area contributed by atoms with Gasteiger partial charge in [0, 0.05) is 25.2 Å². The highest BCUT2D eigenvalue weighted by atomic mass is 19.1. The Morgan fingerprint density at radius 3 is 2.68 bits per heavy atom. The second-order valence-electron chi connectivity index (χ2n) is 5.21. The zero-order chi connectivity index (χ0) is 16.3. The van der Waals surface area contributed by atoms with Gasteiger partial charge in [0.25, 0.3) is 5.91 Å². The van der Waals surface area contributed by atoms with Gasteiger partial charge in [-0.25, -0.2) is 4.39 Å². The van der Waals surface area contributed by atoms with Gasteiger partial charge >= 0.3 is 5.69 Å². The minimum absolute atomic E-state index is 0.0868. The van der Waals surface area contributed by atoms with Gasteiger partial charge < -0.3 is 14.4 Å². The van der Waals surface area contributed by atoms with E-state index in [1.54, 1.807) is 4.90 Å².